The summed E-state index contributed by atoms with van der Waals surface area (Å²) < 4.78 is 6.10. The lowest BCUT2D eigenvalue weighted by molar-refractivity contribution is 0.488. The van der Waals surface area contributed by atoms with Crippen molar-refractivity contribution in [3.8, 4) is 34.0 Å². The van der Waals surface area contributed by atoms with E-state index in [0.717, 1.165) is 22.0 Å². The zero-order valence-corrected chi connectivity index (χ0v) is 18.2. The maximum atomic E-state index is 6.33. The van der Waals surface area contributed by atoms with Crippen LogP contribution in [0.15, 0.2) is 85.1 Å². The van der Waals surface area contributed by atoms with E-state index < -0.39 is 0 Å². The minimum absolute atomic E-state index is 0.180. The fourth-order valence-electron chi connectivity index (χ4n) is 3.43. The summed E-state index contributed by atoms with van der Waals surface area (Å²) in [5.41, 5.74) is 9.79. The first-order valence-electron chi connectivity index (χ1n) is 9.79. The molecule has 0 fully saturated rings. The number of nitrogens with zero attached hydrogens (tertiary/aromatic N) is 3. The molecule has 32 heavy (non-hydrogen) atoms. The molecule has 0 aliphatic carbocycles. The van der Waals surface area contributed by atoms with Crippen molar-refractivity contribution >= 4 is 40.1 Å². The Balaban J connectivity index is 1.45. The highest BCUT2D eigenvalue weighted by Crippen LogP contribution is 2.33. The van der Waals surface area contributed by atoms with Crippen LogP contribution in [-0.4, -0.2) is 15.0 Å². The lowest BCUT2D eigenvalue weighted by Crippen LogP contribution is -1.99. The zero-order valence-electron chi connectivity index (χ0n) is 16.7. The predicted octanol–water partition coefficient (Wildman–Crippen LogP) is 7.04. The van der Waals surface area contributed by atoms with Crippen molar-refractivity contribution in [1.29, 1.82) is 0 Å². The normalized spacial score (nSPS) is 10.9. The van der Waals surface area contributed by atoms with Crippen LogP contribution in [0.2, 0.25) is 10.0 Å². The number of benzene rings is 3. The van der Waals surface area contributed by atoms with Crippen molar-refractivity contribution in [2.24, 2.45) is 0 Å². The van der Waals surface area contributed by atoms with Gasteiger partial charge in [0.15, 0.2) is 0 Å². The second-order valence-electron chi connectivity index (χ2n) is 7.07. The van der Waals surface area contributed by atoms with Crippen LogP contribution in [0.25, 0.3) is 33.4 Å². The van der Waals surface area contributed by atoms with Crippen LogP contribution in [0.3, 0.4) is 0 Å². The van der Waals surface area contributed by atoms with Crippen molar-refractivity contribution in [3.63, 3.8) is 0 Å². The van der Waals surface area contributed by atoms with Crippen LogP contribution >= 0.6 is 23.2 Å². The third kappa shape index (κ3) is 4.08. The zero-order chi connectivity index (χ0) is 22.1. The molecule has 0 unspecified atom stereocenters. The molecule has 5 nitrogen and oxygen atoms in total. The lowest BCUT2D eigenvalue weighted by Gasteiger charge is -2.10. The monoisotopic (exact) mass is 458 g/mol. The number of fused-ring (bicyclic) bond motifs is 1. The van der Waals surface area contributed by atoms with Gasteiger partial charge in [-0.05, 0) is 60.7 Å². The number of aromatic nitrogens is 3. The molecule has 5 rings (SSSR count). The predicted molar refractivity (Wildman–Crippen MR) is 129 cm³/mol. The number of hydrogen-bond acceptors (Lipinski definition) is 5. The van der Waals surface area contributed by atoms with Crippen molar-refractivity contribution in [1.82, 2.24) is 15.0 Å². The number of hydrogen-bond donors (Lipinski definition) is 1. The Morgan fingerprint density at radius 1 is 0.781 bits per heavy atom. The Kier molecular flexibility index (Phi) is 5.35. The van der Waals surface area contributed by atoms with E-state index in [0.29, 0.717) is 32.9 Å². The maximum absolute atomic E-state index is 6.33. The summed E-state index contributed by atoms with van der Waals surface area (Å²) in [5, 5.41) is 2.12. The molecule has 0 spiro atoms. The van der Waals surface area contributed by atoms with Crippen LogP contribution < -0.4 is 10.5 Å². The molecule has 5 aromatic rings. The molecule has 0 bridgehead atoms. The number of halogens is 2. The van der Waals surface area contributed by atoms with Gasteiger partial charge in [-0.2, -0.15) is 0 Å². The summed E-state index contributed by atoms with van der Waals surface area (Å²) in [6.07, 6.45) is 1.70. The molecular weight excluding hydrogens is 443 g/mol. The Morgan fingerprint density at radius 2 is 1.56 bits per heavy atom. The topological polar surface area (TPSA) is 73.9 Å². The lowest BCUT2D eigenvalue weighted by atomic mass is 10.1. The Bertz CT molecular complexity index is 1440. The smallest absolute Gasteiger partial charge is 0.221 e. The van der Waals surface area contributed by atoms with E-state index in [2.05, 4.69) is 15.0 Å². The highest BCUT2D eigenvalue weighted by molar-refractivity contribution is 6.33. The minimum Gasteiger partial charge on any atom is -0.457 e. The van der Waals surface area contributed by atoms with E-state index in [1.165, 1.54) is 0 Å². The maximum Gasteiger partial charge on any atom is 0.221 e. The highest BCUT2D eigenvalue weighted by atomic mass is 35.5. The van der Waals surface area contributed by atoms with Crippen molar-refractivity contribution in [3.05, 3.63) is 95.1 Å². The van der Waals surface area contributed by atoms with Gasteiger partial charge in [0.05, 0.1) is 16.9 Å². The second kappa shape index (κ2) is 8.46. The molecule has 0 saturated heterocycles. The molecule has 0 aliphatic heterocycles. The molecule has 0 saturated carbocycles. The van der Waals surface area contributed by atoms with Gasteiger partial charge in [0.2, 0.25) is 5.95 Å². The number of pyridine rings is 1. The Labute approximate surface area is 194 Å². The Hall–Kier alpha value is -3.67. The van der Waals surface area contributed by atoms with Crippen molar-refractivity contribution in [2.45, 2.75) is 0 Å². The Morgan fingerprint density at radius 3 is 2.38 bits per heavy atom. The van der Waals surface area contributed by atoms with Crippen LogP contribution in [0.5, 0.6) is 11.5 Å². The SMILES string of the molecule is Nc1nc(-c2ccc(Oc3ccnc4cc(Cl)ccc34)cc2)cc(-c2ccccc2Cl)n1. The molecule has 2 aromatic heterocycles. The number of anilines is 1. The third-order valence-electron chi connectivity index (χ3n) is 4.94. The number of nitrogen functional groups attached to an aromatic ring is 1. The average Bonchev–Trinajstić information content (AvgIpc) is 2.79. The summed E-state index contributed by atoms with van der Waals surface area (Å²) >= 11 is 12.4. The van der Waals surface area contributed by atoms with Gasteiger partial charge in [-0.3, -0.25) is 4.98 Å². The first-order chi connectivity index (χ1) is 15.6. The van der Waals surface area contributed by atoms with Crippen LogP contribution in [-0.2, 0) is 0 Å². The van der Waals surface area contributed by atoms with Gasteiger partial charge in [0.1, 0.15) is 11.5 Å². The summed E-state index contributed by atoms with van der Waals surface area (Å²) in [6.45, 7) is 0. The van der Waals surface area contributed by atoms with E-state index in [1.54, 1.807) is 6.20 Å². The number of rotatable bonds is 4. The van der Waals surface area contributed by atoms with E-state index >= 15 is 0 Å². The molecule has 3 aromatic carbocycles. The summed E-state index contributed by atoms with van der Waals surface area (Å²) in [6, 6.07) is 24.3. The first-order valence-corrected chi connectivity index (χ1v) is 10.5. The number of nitrogens with two attached hydrogens (primary N) is 1. The van der Waals surface area contributed by atoms with Gasteiger partial charge in [-0.25, -0.2) is 9.97 Å². The molecule has 7 heteroatoms. The van der Waals surface area contributed by atoms with E-state index in [4.69, 9.17) is 33.7 Å². The molecule has 2 heterocycles. The summed E-state index contributed by atoms with van der Waals surface area (Å²) in [7, 11) is 0. The average molecular weight is 459 g/mol. The van der Waals surface area contributed by atoms with E-state index in [9.17, 15) is 0 Å². The quantitative estimate of drug-likeness (QED) is 0.312. The molecule has 0 amide bonds. The third-order valence-corrected chi connectivity index (χ3v) is 5.50. The van der Waals surface area contributed by atoms with Crippen molar-refractivity contribution < 1.29 is 4.74 Å². The summed E-state index contributed by atoms with van der Waals surface area (Å²) in [5.74, 6) is 1.57. The molecule has 0 radical (unpaired) electrons. The first kappa shape index (κ1) is 20.2. The molecule has 0 aliphatic rings. The van der Waals surface area contributed by atoms with Crippen LogP contribution in [0.1, 0.15) is 0 Å². The molecule has 2 N–H and O–H groups in total. The molecule has 156 valence electrons. The van der Waals surface area contributed by atoms with Gasteiger partial charge in [0.25, 0.3) is 0 Å². The van der Waals surface area contributed by atoms with Crippen LogP contribution in [0.4, 0.5) is 5.95 Å². The largest absolute Gasteiger partial charge is 0.457 e. The van der Waals surface area contributed by atoms with Gasteiger partial charge >= 0.3 is 0 Å². The standard InChI is InChI=1S/C25H16Cl2N4O/c26-16-7-10-19-22(13-16)29-12-11-24(19)32-17-8-5-15(6-9-17)21-14-23(31-25(28)30-21)18-3-1-2-4-20(18)27/h1-14H,(H2,28,30,31). The van der Waals surface area contributed by atoms with E-state index in [1.807, 2.05) is 78.9 Å². The van der Waals surface area contributed by atoms with Gasteiger partial charge in [-0.1, -0.05) is 41.4 Å². The molecule has 0 atom stereocenters. The second-order valence-corrected chi connectivity index (χ2v) is 7.92. The van der Waals surface area contributed by atoms with Crippen molar-refractivity contribution in [2.75, 3.05) is 5.73 Å². The number of ether oxygens (including phenoxy) is 1. The van der Waals surface area contributed by atoms with E-state index in [-0.39, 0.29) is 5.95 Å². The minimum atomic E-state index is 0.180. The van der Waals surface area contributed by atoms with Gasteiger partial charge in [-0.15, -0.1) is 0 Å². The fourth-order valence-corrected chi connectivity index (χ4v) is 3.82. The van der Waals surface area contributed by atoms with Gasteiger partial charge in [0, 0.05) is 32.8 Å². The highest BCUT2D eigenvalue weighted by Gasteiger charge is 2.11. The van der Waals surface area contributed by atoms with Gasteiger partial charge < -0.3 is 10.5 Å². The summed E-state index contributed by atoms with van der Waals surface area (Å²) in [4.78, 5) is 13.1. The molecular formula is C25H16Cl2N4O. The fraction of sp³-hybridized carbons (Fsp3) is 0. The van der Waals surface area contributed by atoms with Crippen LogP contribution in [0, 0.1) is 0 Å².